The van der Waals surface area contributed by atoms with Crippen molar-refractivity contribution in [3.05, 3.63) is 0 Å². The van der Waals surface area contributed by atoms with Gasteiger partial charge >= 0.3 is 0 Å². The molecule has 1 aliphatic carbocycles. The Morgan fingerprint density at radius 3 is 2.83 bits per heavy atom. The predicted octanol–water partition coefficient (Wildman–Crippen LogP) is -0.475. The highest BCUT2D eigenvalue weighted by Crippen LogP contribution is 2.18. The van der Waals surface area contributed by atoms with Crippen LogP contribution in [-0.4, -0.2) is 36.2 Å². The van der Waals surface area contributed by atoms with Crippen molar-refractivity contribution in [3.8, 4) is 0 Å². The molecule has 1 fully saturated rings. The zero-order valence-electron chi connectivity index (χ0n) is 7.25. The van der Waals surface area contributed by atoms with Gasteiger partial charge < -0.3 is 5.73 Å². The van der Waals surface area contributed by atoms with Crippen LogP contribution >= 0.6 is 0 Å². The van der Waals surface area contributed by atoms with Gasteiger partial charge in [-0.15, -0.1) is 0 Å². The van der Waals surface area contributed by atoms with Crippen molar-refractivity contribution in [2.24, 2.45) is 5.73 Å². The summed E-state index contributed by atoms with van der Waals surface area (Å²) in [6, 6.07) is -0.0718. The van der Waals surface area contributed by atoms with Crippen LogP contribution in [0.25, 0.3) is 0 Å². The van der Waals surface area contributed by atoms with Gasteiger partial charge in [-0.25, -0.2) is 0 Å². The molecule has 0 aliphatic heterocycles. The SMILES string of the molecule is CN(CC(N)=O)C1CCCC1=O. The molecule has 4 heteroatoms. The molecule has 68 valence electrons. The monoisotopic (exact) mass is 170 g/mol. The fraction of sp³-hybridized carbons (Fsp3) is 0.750. The second-order valence-electron chi connectivity index (χ2n) is 3.26. The van der Waals surface area contributed by atoms with Crippen LogP contribution in [0.2, 0.25) is 0 Å². The Kier molecular flexibility index (Phi) is 2.81. The smallest absolute Gasteiger partial charge is 0.231 e. The van der Waals surface area contributed by atoms with Gasteiger partial charge in [-0.1, -0.05) is 0 Å². The lowest BCUT2D eigenvalue weighted by Gasteiger charge is -2.20. The molecule has 0 aromatic heterocycles. The van der Waals surface area contributed by atoms with E-state index < -0.39 is 0 Å². The zero-order valence-corrected chi connectivity index (χ0v) is 7.25. The summed E-state index contributed by atoms with van der Waals surface area (Å²) in [6.45, 7) is 0.177. The van der Waals surface area contributed by atoms with Crippen molar-refractivity contribution in [3.63, 3.8) is 0 Å². The molecule has 12 heavy (non-hydrogen) atoms. The first-order valence-electron chi connectivity index (χ1n) is 4.12. The van der Waals surface area contributed by atoms with Gasteiger partial charge in [0.15, 0.2) is 0 Å². The van der Waals surface area contributed by atoms with Crippen molar-refractivity contribution in [2.45, 2.75) is 25.3 Å². The number of likely N-dealkylation sites (N-methyl/N-ethyl adjacent to an activating group) is 1. The van der Waals surface area contributed by atoms with E-state index in [0.29, 0.717) is 6.42 Å². The molecule has 2 N–H and O–H groups in total. The van der Waals surface area contributed by atoms with E-state index in [1.54, 1.807) is 11.9 Å². The maximum absolute atomic E-state index is 11.2. The van der Waals surface area contributed by atoms with Crippen molar-refractivity contribution in [2.75, 3.05) is 13.6 Å². The minimum absolute atomic E-state index is 0.0718. The van der Waals surface area contributed by atoms with E-state index in [1.807, 2.05) is 0 Å². The van der Waals surface area contributed by atoms with Crippen LogP contribution in [0.5, 0.6) is 0 Å². The molecule has 1 atom stereocenters. The Labute approximate surface area is 71.7 Å². The average Bonchev–Trinajstić information content (AvgIpc) is 2.33. The first-order chi connectivity index (χ1) is 5.61. The number of hydrogen-bond donors (Lipinski definition) is 1. The molecular weight excluding hydrogens is 156 g/mol. The number of carbonyl (C=O) groups excluding carboxylic acids is 2. The van der Waals surface area contributed by atoms with E-state index in [1.165, 1.54) is 0 Å². The Morgan fingerprint density at radius 1 is 1.75 bits per heavy atom. The highest BCUT2D eigenvalue weighted by Gasteiger charge is 2.28. The highest BCUT2D eigenvalue weighted by atomic mass is 16.1. The molecule has 0 radical (unpaired) electrons. The standard InChI is InChI=1S/C8H14N2O2/c1-10(5-8(9)12)6-3-2-4-7(6)11/h6H,2-5H2,1H3,(H2,9,12). The van der Waals surface area contributed by atoms with Crippen LogP contribution in [0.1, 0.15) is 19.3 Å². The van der Waals surface area contributed by atoms with Gasteiger partial charge in [-0.2, -0.15) is 0 Å². The summed E-state index contributed by atoms with van der Waals surface area (Å²) < 4.78 is 0. The Morgan fingerprint density at radius 2 is 2.42 bits per heavy atom. The van der Waals surface area contributed by atoms with Crippen molar-refractivity contribution in [1.82, 2.24) is 4.90 Å². The molecule has 4 nitrogen and oxygen atoms in total. The second-order valence-corrected chi connectivity index (χ2v) is 3.26. The fourth-order valence-corrected chi connectivity index (χ4v) is 1.62. The van der Waals surface area contributed by atoms with Crippen LogP contribution < -0.4 is 5.73 Å². The largest absolute Gasteiger partial charge is 0.369 e. The summed E-state index contributed by atoms with van der Waals surface area (Å²) in [6.07, 6.45) is 2.45. The zero-order chi connectivity index (χ0) is 9.14. The van der Waals surface area contributed by atoms with E-state index in [-0.39, 0.29) is 24.3 Å². The predicted molar refractivity (Wildman–Crippen MR) is 44.5 cm³/mol. The molecule has 0 heterocycles. The summed E-state index contributed by atoms with van der Waals surface area (Å²) in [5.74, 6) is -0.143. The van der Waals surface area contributed by atoms with Gasteiger partial charge in [-0.05, 0) is 19.9 Å². The normalized spacial score (nSPS) is 23.5. The molecule has 1 amide bonds. The number of rotatable bonds is 3. The quantitative estimate of drug-likeness (QED) is 0.622. The topological polar surface area (TPSA) is 63.4 Å². The molecule has 1 saturated carbocycles. The number of nitrogens with two attached hydrogens (primary N) is 1. The lowest BCUT2D eigenvalue weighted by molar-refractivity contribution is -0.123. The van der Waals surface area contributed by atoms with Gasteiger partial charge in [0.05, 0.1) is 12.6 Å². The van der Waals surface area contributed by atoms with E-state index in [4.69, 9.17) is 5.73 Å². The fourth-order valence-electron chi connectivity index (χ4n) is 1.62. The maximum Gasteiger partial charge on any atom is 0.231 e. The molecule has 0 bridgehead atoms. The van der Waals surface area contributed by atoms with Crippen molar-refractivity contribution < 1.29 is 9.59 Å². The highest BCUT2D eigenvalue weighted by molar-refractivity contribution is 5.86. The maximum atomic E-state index is 11.2. The number of hydrogen-bond acceptors (Lipinski definition) is 3. The van der Waals surface area contributed by atoms with Crippen LogP contribution in [0, 0.1) is 0 Å². The first-order valence-corrected chi connectivity index (χ1v) is 4.12. The molecule has 1 unspecified atom stereocenters. The van der Waals surface area contributed by atoms with Crippen molar-refractivity contribution in [1.29, 1.82) is 0 Å². The number of nitrogens with zero attached hydrogens (tertiary/aromatic N) is 1. The van der Waals surface area contributed by atoms with Gasteiger partial charge in [0.1, 0.15) is 5.78 Å². The minimum atomic E-state index is -0.378. The Balaban J connectivity index is 2.45. The molecular formula is C8H14N2O2. The molecule has 0 saturated heterocycles. The van der Waals surface area contributed by atoms with E-state index >= 15 is 0 Å². The number of primary amides is 1. The van der Waals surface area contributed by atoms with Crippen LogP contribution in [0.4, 0.5) is 0 Å². The van der Waals surface area contributed by atoms with E-state index in [9.17, 15) is 9.59 Å². The molecule has 0 spiro atoms. The third-order valence-corrected chi connectivity index (χ3v) is 2.21. The van der Waals surface area contributed by atoms with Crippen LogP contribution in [-0.2, 0) is 9.59 Å². The molecule has 1 aliphatic rings. The minimum Gasteiger partial charge on any atom is -0.369 e. The van der Waals surface area contributed by atoms with Crippen LogP contribution in [0.15, 0.2) is 0 Å². The summed E-state index contributed by atoms with van der Waals surface area (Å²) in [5.41, 5.74) is 5.01. The molecule has 0 aromatic rings. The summed E-state index contributed by atoms with van der Waals surface area (Å²) in [7, 11) is 1.76. The lowest BCUT2D eigenvalue weighted by Crippen LogP contribution is -2.40. The summed E-state index contributed by atoms with van der Waals surface area (Å²) in [4.78, 5) is 23.5. The number of amides is 1. The Bertz CT molecular complexity index is 203. The number of carbonyl (C=O) groups is 2. The number of Topliss-reactive ketones (excluding diaryl/α,β-unsaturated/α-hetero) is 1. The van der Waals surface area contributed by atoms with Crippen LogP contribution in [0.3, 0.4) is 0 Å². The molecule has 1 rings (SSSR count). The van der Waals surface area contributed by atoms with Gasteiger partial charge in [0.25, 0.3) is 0 Å². The third-order valence-electron chi connectivity index (χ3n) is 2.21. The van der Waals surface area contributed by atoms with Gasteiger partial charge in [0.2, 0.25) is 5.91 Å². The lowest BCUT2D eigenvalue weighted by atomic mass is 10.2. The third kappa shape index (κ3) is 2.04. The second kappa shape index (κ2) is 3.67. The Hall–Kier alpha value is -0.900. The first kappa shape index (κ1) is 9.19. The van der Waals surface area contributed by atoms with E-state index in [2.05, 4.69) is 0 Å². The van der Waals surface area contributed by atoms with Gasteiger partial charge in [-0.3, -0.25) is 14.5 Å². The van der Waals surface area contributed by atoms with Crippen molar-refractivity contribution >= 4 is 11.7 Å². The summed E-state index contributed by atoms with van der Waals surface area (Å²) >= 11 is 0. The molecule has 0 aromatic carbocycles. The van der Waals surface area contributed by atoms with E-state index in [0.717, 1.165) is 12.8 Å². The average molecular weight is 170 g/mol. The summed E-state index contributed by atoms with van der Waals surface area (Å²) in [5, 5.41) is 0. The van der Waals surface area contributed by atoms with Gasteiger partial charge in [0, 0.05) is 6.42 Å². The number of ketones is 1.